The maximum atomic E-state index is 12.7. The summed E-state index contributed by atoms with van der Waals surface area (Å²) >= 11 is 17.1. The van der Waals surface area contributed by atoms with Crippen LogP contribution in [0.4, 0.5) is 11.4 Å². The number of anilines is 2. The molecule has 26 nitrogen and oxygen atoms in total. The smallest absolute Gasteiger partial charge is 0.870 e. The largest absolute Gasteiger partial charge is 1.00 e. The first kappa shape index (κ1) is 74.1. The number of H-pyrrole nitrogens is 1. The molecular formula is C62H74Cl3LiN16O10. The molecule has 2 saturated heterocycles. The Morgan fingerprint density at radius 1 is 0.554 bits per heavy atom. The Balaban J connectivity index is 0.000000210. The fourth-order valence-electron chi connectivity index (χ4n) is 9.05. The molecule has 1 amide bonds. The number of ether oxygens (including phenoxy) is 4. The van der Waals surface area contributed by atoms with Gasteiger partial charge in [0.05, 0.1) is 43.7 Å². The number of carboxylic acid groups (broad SMARTS) is 1. The molecule has 2 aliphatic rings. The van der Waals surface area contributed by atoms with Crippen molar-refractivity contribution in [1.82, 2.24) is 69.7 Å². The zero-order chi connectivity index (χ0) is 64.7. The number of hydrogen-bond donors (Lipinski definition) is 3. The molecule has 0 radical (unpaired) electrons. The van der Waals surface area contributed by atoms with E-state index < -0.39 is 5.97 Å². The van der Waals surface area contributed by atoms with Crippen LogP contribution in [0.2, 0.25) is 10.0 Å². The number of amides is 1. The number of carboxylic acids is 1. The van der Waals surface area contributed by atoms with Crippen LogP contribution in [0.15, 0.2) is 110 Å². The molecule has 0 unspecified atom stereocenters. The SMILES string of the molecule is CCOC(=O)CCl.CCOC(=O)Cn1cc2ccc(C)nc2n1.COc1cc(N2CCN(C(=O)Cn3cc4ccc(C)nc4n3)CC2)ccc1Cl.COc1cc(N2CCNCC2)ccc1Cl.Cc1ccc2cn(CC(=O)O)nc2n1.Cc1ccc2cn[nH]c2n1.[Li+].[OH-]. The van der Waals surface area contributed by atoms with Gasteiger partial charge >= 0.3 is 36.8 Å². The van der Waals surface area contributed by atoms with Gasteiger partial charge in [-0.15, -0.1) is 11.6 Å². The predicted molar refractivity (Wildman–Crippen MR) is 349 cm³/mol. The average Bonchev–Trinajstić information content (AvgIpc) is 1.86. The number of fused-ring (bicyclic) bond motifs is 4. The molecular weight excluding hydrogens is 1240 g/mol. The molecule has 10 heterocycles. The minimum Gasteiger partial charge on any atom is -0.870 e. The first-order valence-corrected chi connectivity index (χ1v) is 30.1. The molecule has 2 fully saturated rings. The van der Waals surface area contributed by atoms with E-state index in [1.54, 1.807) is 56.0 Å². The van der Waals surface area contributed by atoms with E-state index >= 15 is 0 Å². The van der Waals surface area contributed by atoms with Gasteiger partial charge in [-0.3, -0.25) is 38.3 Å². The number of aromatic nitrogens is 12. The molecule has 0 saturated carbocycles. The molecule has 0 spiro atoms. The molecule has 4 N–H and O–H groups in total. The van der Waals surface area contributed by atoms with E-state index in [0.29, 0.717) is 59.0 Å². The van der Waals surface area contributed by atoms with Gasteiger partial charge in [0.2, 0.25) is 5.91 Å². The number of pyridine rings is 4. The van der Waals surface area contributed by atoms with E-state index in [1.165, 1.54) is 10.4 Å². The summed E-state index contributed by atoms with van der Waals surface area (Å²) in [6.45, 7) is 19.2. The minimum absolute atomic E-state index is 0. The van der Waals surface area contributed by atoms with Crippen LogP contribution in [0.1, 0.15) is 36.6 Å². The second-order valence-electron chi connectivity index (χ2n) is 20.2. The molecule has 12 rings (SSSR count). The number of halogens is 3. The van der Waals surface area contributed by atoms with Gasteiger partial charge in [-0.1, -0.05) is 23.2 Å². The molecule has 484 valence electrons. The molecule has 8 aromatic heterocycles. The first-order chi connectivity index (χ1) is 43.3. The Morgan fingerprint density at radius 3 is 1.41 bits per heavy atom. The van der Waals surface area contributed by atoms with E-state index in [4.69, 9.17) is 54.1 Å². The van der Waals surface area contributed by atoms with Crippen molar-refractivity contribution < 1.29 is 67.6 Å². The third-order valence-electron chi connectivity index (χ3n) is 13.5. The van der Waals surface area contributed by atoms with Crippen LogP contribution in [-0.2, 0) is 48.3 Å². The molecule has 2 aromatic carbocycles. The van der Waals surface area contributed by atoms with Crippen LogP contribution >= 0.6 is 34.8 Å². The minimum atomic E-state index is -0.908. The molecule has 30 heteroatoms. The molecule has 92 heavy (non-hydrogen) atoms. The van der Waals surface area contributed by atoms with Gasteiger partial charge < -0.3 is 49.5 Å². The third kappa shape index (κ3) is 22.4. The van der Waals surface area contributed by atoms with Crippen molar-refractivity contribution in [3.63, 3.8) is 0 Å². The third-order valence-corrected chi connectivity index (χ3v) is 14.3. The molecule has 0 bridgehead atoms. The average molecular weight is 1320 g/mol. The number of hydrogen-bond acceptors (Lipinski definition) is 20. The van der Waals surface area contributed by atoms with Crippen LogP contribution in [0, 0.1) is 27.7 Å². The number of aryl methyl sites for hydroxylation is 4. The van der Waals surface area contributed by atoms with Crippen LogP contribution < -0.4 is 43.5 Å². The second-order valence-corrected chi connectivity index (χ2v) is 21.3. The number of nitrogens with zero attached hydrogens (tertiary/aromatic N) is 14. The molecule has 2 aliphatic heterocycles. The van der Waals surface area contributed by atoms with Crippen LogP contribution in [-0.4, -0.2) is 184 Å². The normalized spacial score (nSPS) is 12.4. The number of carbonyl (C=O) groups excluding carboxylic acids is 3. The van der Waals surface area contributed by atoms with Crippen LogP contribution in [0.25, 0.3) is 44.1 Å². The van der Waals surface area contributed by atoms with E-state index in [2.05, 4.69) is 65.3 Å². The van der Waals surface area contributed by atoms with E-state index in [9.17, 15) is 19.2 Å². The Morgan fingerprint density at radius 2 is 0.978 bits per heavy atom. The maximum Gasteiger partial charge on any atom is 1.00 e. The second kappa shape index (κ2) is 37.0. The summed E-state index contributed by atoms with van der Waals surface area (Å²) in [5.74, 6) is -0.128. The van der Waals surface area contributed by atoms with Crippen molar-refractivity contribution in [1.29, 1.82) is 0 Å². The molecule has 10 aromatic rings. The number of benzene rings is 2. The Labute approximate surface area is 558 Å². The van der Waals surface area contributed by atoms with Gasteiger partial charge in [0.1, 0.15) is 37.0 Å². The first-order valence-electron chi connectivity index (χ1n) is 28.8. The summed E-state index contributed by atoms with van der Waals surface area (Å²) in [6.07, 6.45) is 7.10. The Kier molecular flexibility index (Phi) is 29.8. The van der Waals surface area contributed by atoms with Gasteiger partial charge in [-0.05, 0) is 114 Å². The number of piperazine rings is 2. The molecule has 0 aliphatic carbocycles. The number of aromatic amines is 1. The fourth-order valence-corrected chi connectivity index (χ4v) is 9.51. The van der Waals surface area contributed by atoms with Gasteiger partial charge in [0, 0.05) is 139 Å². The van der Waals surface area contributed by atoms with Crippen molar-refractivity contribution in [2.75, 3.05) is 95.5 Å². The zero-order valence-corrected chi connectivity index (χ0v) is 55.1. The summed E-state index contributed by atoms with van der Waals surface area (Å²) in [4.78, 5) is 67.9. The van der Waals surface area contributed by atoms with E-state index in [0.717, 1.165) is 101 Å². The van der Waals surface area contributed by atoms with E-state index in [1.807, 2.05) is 124 Å². The number of nitrogens with one attached hydrogen (secondary N) is 2. The quantitative estimate of drug-likeness (QED) is 0.0727. The molecule has 0 atom stereocenters. The topological polar surface area (TPSA) is 311 Å². The van der Waals surface area contributed by atoms with Gasteiger partial charge in [-0.2, -0.15) is 20.4 Å². The van der Waals surface area contributed by atoms with Crippen LogP contribution in [0.5, 0.6) is 11.5 Å². The number of esters is 2. The number of rotatable bonds is 13. The summed E-state index contributed by atoms with van der Waals surface area (Å²) in [7, 11) is 3.25. The number of aliphatic carboxylic acids is 1. The van der Waals surface area contributed by atoms with Gasteiger partial charge in [0.15, 0.2) is 22.6 Å². The van der Waals surface area contributed by atoms with Gasteiger partial charge in [-0.25, -0.2) is 19.9 Å². The summed E-state index contributed by atoms with van der Waals surface area (Å²) in [5, 5.41) is 36.2. The standard InChI is InChI=1S/C20H22ClN5O2.C11H15ClN2O.C11H13N3O2.C9H9N3O2.C7H7N3.C4H7ClO2.Li.H2O/c1-14-3-4-15-12-26(23-20(15)22-14)13-19(27)25-9-7-24(8-10-25)16-5-6-17(21)18(11-16)28-2;1-15-11-8-9(2-3-10(11)12)14-6-4-13-5-7-14;1-3-16-10(15)7-14-6-9-5-4-8(2)12-11(9)13-14;1-6-2-3-7-4-12(5-8(13)14)11-9(7)10-6;1-5-2-3-6-4-8-10-7(6)9-5;1-2-7-4(6)3-5;;/h3-6,11-12H,7-10,13H2,1-2H3;2-3,8,13H,4-7H2,1H3;4-6H,3,7H2,1-2H3;2-4H,5H2,1H3,(H,13,14);2-4H,1H3,(H,8,9,10);2-3H2,1H3;;1H2/q;;;;;;+1;/p-1. The van der Waals surface area contributed by atoms with Crippen molar-refractivity contribution in [2.24, 2.45) is 0 Å². The number of carbonyl (C=O) groups is 4. The monoisotopic (exact) mass is 1310 g/mol. The van der Waals surface area contributed by atoms with Crippen molar-refractivity contribution in [2.45, 2.75) is 61.2 Å². The van der Waals surface area contributed by atoms with Crippen molar-refractivity contribution in [3.8, 4) is 11.5 Å². The fraction of sp³-hybridized carbons (Fsp3) is 0.355. The Bertz CT molecular complexity index is 4000. The summed E-state index contributed by atoms with van der Waals surface area (Å²) in [5.41, 5.74) is 8.72. The van der Waals surface area contributed by atoms with Crippen LogP contribution in [0.3, 0.4) is 0 Å². The maximum absolute atomic E-state index is 12.7. The van der Waals surface area contributed by atoms with Crippen molar-refractivity contribution in [3.05, 3.63) is 143 Å². The van der Waals surface area contributed by atoms with E-state index in [-0.39, 0.29) is 67.7 Å². The summed E-state index contributed by atoms with van der Waals surface area (Å²) < 4.78 is 24.4. The van der Waals surface area contributed by atoms with Crippen molar-refractivity contribution >= 4 is 114 Å². The number of methoxy groups -OCH3 is 2. The zero-order valence-electron chi connectivity index (χ0n) is 52.8. The summed E-state index contributed by atoms with van der Waals surface area (Å²) in [6, 6.07) is 27.2. The Hall–Kier alpha value is -8.61. The van der Waals surface area contributed by atoms with Gasteiger partial charge in [0.25, 0.3) is 0 Å². The number of alkyl halides is 1. The predicted octanol–water partition coefficient (Wildman–Crippen LogP) is 5.52.